The number of benzene rings is 1. The lowest BCUT2D eigenvalue weighted by molar-refractivity contribution is 0.0828. The van der Waals surface area contributed by atoms with Gasteiger partial charge in [0, 0.05) is 12.7 Å². The topological polar surface area (TPSA) is 64.3 Å². The SMILES string of the molecule is COC(NC(N)=O)c1cccc(Cl)c1Cl. The molecule has 0 saturated carbocycles. The molecule has 0 aliphatic heterocycles. The van der Waals surface area contributed by atoms with Crippen molar-refractivity contribution in [3.05, 3.63) is 33.8 Å². The summed E-state index contributed by atoms with van der Waals surface area (Å²) < 4.78 is 5.03. The number of primary amides is 1. The predicted molar refractivity (Wildman–Crippen MR) is 58.9 cm³/mol. The molecule has 0 saturated heterocycles. The third-order valence-electron chi connectivity index (χ3n) is 1.77. The second-order valence-corrected chi connectivity index (χ2v) is 3.55. The van der Waals surface area contributed by atoms with E-state index in [4.69, 9.17) is 33.7 Å². The van der Waals surface area contributed by atoms with Gasteiger partial charge in [-0.05, 0) is 6.07 Å². The number of nitrogens with one attached hydrogen (secondary N) is 1. The number of ether oxygens (including phenoxy) is 1. The fraction of sp³-hybridized carbons (Fsp3) is 0.222. The number of hydrogen-bond acceptors (Lipinski definition) is 2. The van der Waals surface area contributed by atoms with Crippen LogP contribution in [0.25, 0.3) is 0 Å². The van der Waals surface area contributed by atoms with Gasteiger partial charge in [0.2, 0.25) is 0 Å². The molecule has 0 aliphatic carbocycles. The van der Waals surface area contributed by atoms with Gasteiger partial charge in [0.1, 0.15) is 0 Å². The number of amides is 2. The second kappa shape index (κ2) is 5.21. The zero-order valence-corrected chi connectivity index (χ0v) is 9.47. The highest BCUT2D eigenvalue weighted by Crippen LogP contribution is 2.29. The van der Waals surface area contributed by atoms with E-state index >= 15 is 0 Å². The molecule has 0 fully saturated rings. The maximum absolute atomic E-state index is 10.7. The quantitative estimate of drug-likeness (QED) is 0.807. The highest BCUT2D eigenvalue weighted by molar-refractivity contribution is 6.42. The monoisotopic (exact) mass is 248 g/mol. The van der Waals surface area contributed by atoms with E-state index < -0.39 is 12.3 Å². The van der Waals surface area contributed by atoms with Crippen LogP contribution in [0.15, 0.2) is 18.2 Å². The van der Waals surface area contributed by atoms with E-state index in [1.165, 1.54) is 7.11 Å². The van der Waals surface area contributed by atoms with Gasteiger partial charge in [0.25, 0.3) is 0 Å². The molecule has 0 spiro atoms. The molecule has 1 aromatic carbocycles. The Morgan fingerprint density at radius 1 is 1.53 bits per heavy atom. The molecular weight excluding hydrogens is 239 g/mol. The molecule has 2 amide bonds. The van der Waals surface area contributed by atoms with E-state index in [1.807, 2.05) is 0 Å². The third kappa shape index (κ3) is 2.99. The molecule has 1 rings (SSSR count). The molecule has 0 aromatic heterocycles. The summed E-state index contributed by atoms with van der Waals surface area (Å²) in [6.45, 7) is 0. The zero-order valence-electron chi connectivity index (χ0n) is 7.96. The summed E-state index contributed by atoms with van der Waals surface area (Å²) in [5, 5.41) is 3.11. The Morgan fingerprint density at radius 2 is 2.20 bits per heavy atom. The van der Waals surface area contributed by atoms with Gasteiger partial charge in [-0.2, -0.15) is 0 Å². The van der Waals surface area contributed by atoms with Gasteiger partial charge in [-0.3, -0.25) is 0 Å². The van der Waals surface area contributed by atoms with Crippen LogP contribution in [0.4, 0.5) is 4.79 Å². The van der Waals surface area contributed by atoms with Crippen LogP contribution in [0.1, 0.15) is 11.8 Å². The van der Waals surface area contributed by atoms with Crippen LogP contribution in [0.3, 0.4) is 0 Å². The first-order valence-corrected chi connectivity index (χ1v) is 4.84. The normalized spacial score (nSPS) is 12.2. The van der Waals surface area contributed by atoms with Gasteiger partial charge in [0.15, 0.2) is 6.23 Å². The minimum Gasteiger partial charge on any atom is -0.357 e. The lowest BCUT2D eigenvalue weighted by atomic mass is 10.2. The maximum Gasteiger partial charge on any atom is 0.314 e. The van der Waals surface area contributed by atoms with Crippen molar-refractivity contribution in [3.8, 4) is 0 Å². The molecule has 1 atom stereocenters. The summed E-state index contributed by atoms with van der Waals surface area (Å²) in [6.07, 6.45) is -0.700. The van der Waals surface area contributed by atoms with Gasteiger partial charge < -0.3 is 15.8 Å². The predicted octanol–water partition coefficient (Wildman–Crippen LogP) is 2.31. The highest BCUT2D eigenvalue weighted by atomic mass is 35.5. The van der Waals surface area contributed by atoms with Crippen LogP contribution in [0.2, 0.25) is 10.0 Å². The van der Waals surface area contributed by atoms with Crippen molar-refractivity contribution in [3.63, 3.8) is 0 Å². The third-order valence-corrected chi connectivity index (χ3v) is 2.61. The first kappa shape index (κ1) is 12.1. The molecule has 4 nitrogen and oxygen atoms in total. The number of nitrogens with two attached hydrogens (primary N) is 1. The molecule has 0 bridgehead atoms. The number of urea groups is 1. The average molecular weight is 249 g/mol. The molecule has 0 radical (unpaired) electrons. The van der Waals surface area contributed by atoms with Crippen molar-refractivity contribution in [2.75, 3.05) is 7.11 Å². The minimum atomic E-state index is -0.700. The number of halogens is 2. The van der Waals surface area contributed by atoms with Crippen molar-refractivity contribution >= 4 is 29.2 Å². The van der Waals surface area contributed by atoms with Crippen LogP contribution >= 0.6 is 23.2 Å². The molecule has 15 heavy (non-hydrogen) atoms. The smallest absolute Gasteiger partial charge is 0.314 e. The van der Waals surface area contributed by atoms with Crippen LogP contribution in [-0.2, 0) is 4.74 Å². The van der Waals surface area contributed by atoms with Crippen molar-refractivity contribution in [1.82, 2.24) is 5.32 Å². The summed E-state index contributed by atoms with van der Waals surface area (Å²) in [6, 6.07) is 4.35. The van der Waals surface area contributed by atoms with Crippen molar-refractivity contribution < 1.29 is 9.53 Å². The Balaban J connectivity index is 3.01. The molecule has 6 heteroatoms. The molecule has 3 N–H and O–H groups in total. The van der Waals surface area contributed by atoms with Crippen molar-refractivity contribution in [2.24, 2.45) is 5.73 Å². The van der Waals surface area contributed by atoms with E-state index in [1.54, 1.807) is 18.2 Å². The molecular formula is C9H10Cl2N2O2. The Kier molecular flexibility index (Phi) is 4.20. The Labute approximate surface area is 97.3 Å². The van der Waals surface area contributed by atoms with Crippen molar-refractivity contribution in [1.29, 1.82) is 0 Å². The van der Waals surface area contributed by atoms with Gasteiger partial charge in [-0.25, -0.2) is 4.79 Å². The second-order valence-electron chi connectivity index (χ2n) is 2.77. The van der Waals surface area contributed by atoms with Gasteiger partial charge in [-0.15, -0.1) is 0 Å². The number of carbonyl (C=O) groups is 1. The van der Waals surface area contributed by atoms with E-state index in [0.717, 1.165) is 0 Å². The summed E-state index contributed by atoms with van der Waals surface area (Å²) in [5.74, 6) is 0. The summed E-state index contributed by atoms with van der Waals surface area (Å²) >= 11 is 11.8. The molecule has 0 heterocycles. The molecule has 1 unspecified atom stereocenters. The van der Waals surface area contributed by atoms with Crippen LogP contribution in [-0.4, -0.2) is 13.1 Å². The summed E-state index contributed by atoms with van der Waals surface area (Å²) in [7, 11) is 1.43. The first-order chi connectivity index (χ1) is 7.06. The lowest BCUT2D eigenvalue weighted by Gasteiger charge is -2.17. The standard InChI is InChI=1S/C9H10Cl2N2O2/c1-15-8(13-9(12)14)5-3-2-4-6(10)7(5)11/h2-4,8H,1H3,(H3,12,13,14). The molecule has 1 aromatic rings. The maximum atomic E-state index is 10.7. The Hall–Kier alpha value is -0.970. The number of rotatable bonds is 3. The van der Waals surface area contributed by atoms with Gasteiger partial charge in [-0.1, -0.05) is 35.3 Å². The van der Waals surface area contributed by atoms with Crippen molar-refractivity contribution in [2.45, 2.75) is 6.23 Å². The lowest BCUT2D eigenvalue weighted by Crippen LogP contribution is -2.34. The van der Waals surface area contributed by atoms with E-state index in [9.17, 15) is 4.79 Å². The minimum absolute atomic E-state index is 0.333. The fourth-order valence-corrected chi connectivity index (χ4v) is 1.52. The van der Waals surface area contributed by atoms with Gasteiger partial charge in [0.05, 0.1) is 10.0 Å². The summed E-state index contributed by atoms with van der Waals surface area (Å²) in [5.41, 5.74) is 5.55. The van der Waals surface area contributed by atoms with E-state index in [2.05, 4.69) is 5.32 Å². The van der Waals surface area contributed by atoms with Crippen LogP contribution in [0, 0.1) is 0 Å². The molecule has 0 aliphatic rings. The zero-order chi connectivity index (χ0) is 11.4. The van der Waals surface area contributed by atoms with E-state index in [0.29, 0.717) is 15.6 Å². The van der Waals surface area contributed by atoms with Crippen LogP contribution < -0.4 is 11.1 Å². The molecule has 82 valence electrons. The number of methoxy groups -OCH3 is 1. The fourth-order valence-electron chi connectivity index (χ4n) is 1.12. The van der Waals surface area contributed by atoms with Gasteiger partial charge >= 0.3 is 6.03 Å². The number of carbonyl (C=O) groups excluding carboxylic acids is 1. The Morgan fingerprint density at radius 3 is 2.73 bits per heavy atom. The first-order valence-electron chi connectivity index (χ1n) is 4.09. The Bertz CT molecular complexity index is 371. The largest absolute Gasteiger partial charge is 0.357 e. The highest BCUT2D eigenvalue weighted by Gasteiger charge is 2.16. The summed E-state index contributed by atoms with van der Waals surface area (Å²) in [4.78, 5) is 10.7. The number of hydrogen-bond donors (Lipinski definition) is 2. The van der Waals surface area contributed by atoms with Crippen LogP contribution in [0.5, 0.6) is 0 Å². The van der Waals surface area contributed by atoms with E-state index in [-0.39, 0.29) is 0 Å². The average Bonchev–Trinajstić information content (AvgIpc) is 2.19.